The number of anilines is 1. The summed E-state index contributed by atoms with van der Waals surface area (Å²) in [5.74, 6) is 0.674. The molecule has 118 valence electrons. The first-order valence-electron chi connectivity index (χ1n) is 8.01. The molecule has 1 aromatic carbocycles. The van der Waals surface area contributed by atoms with Crippen molar-refractivity contribution in [1.82, 2.24) is 0 Å². The highest BCUT2D eigenvalue weighted by Gasteiger charge is 2.36. The van der Waals surface area contributed by atoms with Crippen molar-refractivity contribution < 1.29 is 9.53 Å². The number of rotatable bonds is 5. The van der Waals surface area contributed by atoms with Gasteiger partial charge in [0.25, 0.3) is 0 Å². The monoisotopic (exact) mass is 300 g/mol. The number of benzene rings is 1. The van der Waals surface area contributed by atoms with Crippen LogP contribution in [0.25, 0.3) is 0 Å². The molecule has 1 atom stereocenters. The molecule has 4 heteroatoms. The van der Waals surface area contributed by atoms with Gasteiger partial charge in [-0.25, -0.2) is 0 Å². The van der Waals surface area contributed by atoms with Gasteiger partial charge >= 0.3 is 0 Å². The van der Waals surface area contributed by atoms with E-state index in [1.165, 1.54) is 0 Å². The SMILES string of the molecule is CCC(C)Oc1ccc(NC(=O)C2(C)CCCC2)c(C#N)c1. The summed E-state index contributed by atoms with van der Waals surface area (Å²) < 4.78 is 5.72. The number of ether oxygens (including phenoxy) is 1. The smallest absolute Gasteiger partial charge is 0.230 e. The number of amides is 1. The van der Waals surface area contributed by atoms with Crippen molar-refractivity contribution in [3.05, 3.63) is 23.8 Å². The molecule has 0 saturated heterocycles. The van der Waals surface area contributed by atoms with Crippen LogP contribution in [0.4, 0.5) is 5.69 Å². The standard InChI is InChI=1S/C18H24N2O2/c1-4-13(2)22-15-7-8-16(14(11-15)12-19)20-17(21)18(3)9-5-6-10-18/h7-8,11,13H,4-6,9-10H2,1-3H3,(H,20,21). The molecular formula is C18H24N2O2. The van der Waals surface area contributed by atoms with Gasteiger partial charge in [0.05, 0.1) is 17.4 Å². The highest BCUT2D eigenvalue weighted by Crippen LogP contribution is 2.38. The number of carbonyl (C=O) groups is 1. The molecule has 1 aliphatic rings. The second-order valence-electron chi connectivity index (χ2n) is 6.38. The van der Waals surface area contributed by atoms with Crippen molar-refractivity contribution in [2.24, 2.45) is 5.41 Å². The summed E-state index contributed by atoms with van der Waals surface area (Å²) in [4.78, 5) is 12.5. The molecule has 1 fully saturated rings. The van der Waals surface area contributed by atoms with Crippen LogP contribution in [0.3, 0.4) is 0 Å². The van der Waals surface area contributed by atoms with E-state index >= 15 is 0 Å². The molecule has 22 heavy (non-hydrogen) atoms. The van der Waals surface area contributed by atoms with E-state index in [0.29, 0.717) is 17.0 Å². The zero-order valence-corrected chi connectivity index (χ0v) is 13.6. The van der Waals surface area contributed by atoms with Gasteiger partial charge in [-0.1, -0.05) is 26.7 Å². The van der Waals surface area contributed by atoms with Gasteiger partial charge < -0.3 is 10.1 Å². The molecule has 0 radical (unpaired) electrons. The molecule has 1 N–H and O–H groups in total. The van der Waals surface area contributed by atoms with Crippen molar-refractivity contribution in [3.8, 4) is 11.8 Å². The fourth-order valence-electron chi connectivity index (χ4n) is 2.77. The van der Waals surface area contributed by atoms with Gasteiger partial charge in [-0.2, -0.15) is 5.26 Å². The molecule has 0 spiro atoms. The maximum atomic E-state index is 12.5. The highest BCUT2D eigenvalue weighted by molar-refractivity contribution is 5.96. The summed E-state index contributed by atoms with van der Waals surface area (Å²) in [5, 5.41) is 12.2. The van der Waals surface area contributed by atoms with Crippen LogP contribution in [0.1, 0.15) is 58.4 Å². The number of nitrogens with zero attached hydrogens (tertiary/aromatic N) is 1. The number of carbonyl (C=O) groups excluding carboxylic acids is 1. The molecule has 0 bridgehead atoms. The van der Waals surface area contributed by atoms with Crippen molar-refractivity contribution in [2.75, 3.05) is 5.32 Å². The predicted molar refractivity (Wildman–Crippen MR) is 86.7 cm³/mol. The first-order chi connectivity index (χ1) is 10.5. The minimum absolute atomic E-state index is 0.0112. The van der Waals surface area contributed by atoms with Crippen LogP contribution in [0.2, 0.25) is 0 Å². The van der Waals surface area contributed by atoms with E-state index in [2.05, 4.69) is 11.4 Å². The predicted octanol–water partition coefficient (Wildman–Crippen LogP) is 4.25. The summed E-state index contributed by atoms with van der Waals surface area (Å²) in [6.45, 7) is 6.04. The van der Waals surface area contributed by atoms with Crippen LogP contribution in [0.5, 0.6) is 5.75 Å². The zero-order chi connectivity index (χ0) is 16.2. The van der Waals surface area contributed by atoms with Crippen LogP contribution < -0.4 is 10.1 Å². The van der Waals surface area contributed by atoms with E-state index in [1.54, 1.807) is 18.2 Å². The Hall–Kier alpha value is -2.02. The molecule has 0 aliphatic heterocycles. The van der Waals surface area contributed by atoms with Gasteiger partial charge in [-0.05, 0) is 38.3 Å². The van der Waals surface area contributed by atoms with Crippen LogP contribution in [0.15, 0.2) is 18.2 Å². The second-order valence-corrected chi connectivity index (χ2v) is 6.38. The average molecular weight is 300 g/mol. The Morgan fingerprint density at radius 1 is 1.45 bits per heavy atom. The molecule has 4 nitrogen and oxygen atoms in total. The Kier molecular flexibility index (Phi) is 5.07. The maximum absolute atomic E-state index is 12.5. The summed E-state index contributed by atoms with van der Waals surface area (Å²) in [5.41, 5.74) is 0.700. The van der Waals surface area contributed by atoms with Crippen molar-refractivity contribution in [1.29, 1.82) is 5.26 Å². The van der Waals surface area contributed by atoms with Crippen molar-refractivity contribution in [2.45, 2.75) is 59.0 Å². The quantitative estimate of drug-likeness (QED) is 0.884. The van der Waals surface area contributed by atoms with Crippen molar-refractivity contribution in [3.63, 3.8) is 0 Å². The summed E-state index contributed by atoms with van der Waals surface area (Å²) in [7, 11) is 0. The van der Waals surface area contributed by atoms with Gasteiger partial charge in [0.1, 0.15) is 11.8 Å². The van der Waals surface area contributed by atoms with E-state index in [9.17, 15) is 10.1 Å². The Morgan fingerprint density at radius 3 is 2.73 bits per heavy atom. The molecular weight excluding hydrogens is 276 g/mol. The third kappa shape index (κ3) is 3.59. The first kappa shape index (κ1) is 16.4. The minimum atomic E-state index is -0.307. The Balaban J connectivity index is 2.14. The lowest BCUT2D eigenvalue weighted by molar-refractivity contribution is -0.124. The lowest BCUT2D eigenvalue weighted by Gasteiger charge is -2.22. The summed E-state index contributed by atoms with van der Waals surface area (Å²) in [6, 6.07) is 7.40. The zero-order valence-electron chi connectivity index (χ0n) is 13.6. The van der Waals surface area contributed by atoms with Gasteiger partial charge in [0, 0.05) is 11.5 Å². The van der Waals surface area contributed by atoms with Gasteiger partial charge in [0.15, 0.2) is 0 Å². The van der Waals surface area contributed by atoms with Gasteiger partial charge in [-0.15, -0.1) is 0 Å². The average Bonchev–Trinajstić information content (AvgIpc) is 2.96. The third-order valence-electron chi connectivity index (χ3n) is 4.53. The van der Waals surface area contributed by atoms with Crippen LogP contribution in [-0.4, -0.2) is 12.0 Å². The molecule has 1 saturated carbocycles. The highest BCUT2D eigenvalue weighted by atomic mass is 16.5. The van der Waals surface area contributed by atoms with Crippen LogP contribution in [0, 0.1) is 16.7 Å². The van der Waals surface area contributed by atoms with Crippen molar-refractivity contribution >= 4 is 11.6 Å². The number of nitrogens with one attached hydrogen (secondary N) is 1. The Labute approximate surface area is 132 Å². The largest absolute Gasteiger partial charge is 0.491 e. The van der Waals surface area contributed by atoms with Gasteiger partial charge in [-0.3, -0.25) is 4.79 Å². The van der Waals surface area contributed by atoms with E-state index in [0.717, 1.165) is 32.1 Å². The lowest BCUT2D eigenvalue weighted by Crippen LogP contribution is -2.31. The number of hydrogen-bond acceptors (Lipinski definition) is 3. The summed E-state index contributed by atoms with van der Waals surface area (Å²) in [6.07, 6.45) is 5.02. The molecule has 1 aromatic rings. The number of hydrogen-bond donors (Lipinski definition) is 1. The molecule has 1 aliphatic carbocycles. The maximum Gasteiger partial charge on any atom is 0.230 e. The normalized spacial score (nSPS) is 17.5. The van der Waals surface area contributed by atoms with Crippen LogP contribution in [-0.2, 0) is 4.79 Å². The van der Waals surface area contributed by atoms with E-state index in [1.807, 2.05) is 20.8 Å². The van der Waals surface area contributed by atoms with E-state index < -0.39 is 0 Å². The second kappa shape index (κ2) is 6.83. The Bertz CT molecular complexity index is 583. The molecule has 0 heterocycles. The molecule has 1 amide bonds. The molecule has 0 aromatic heterocycles. The third-order valence-corrected chi connectivity index (χ3v) is 4.53. The Morgan fingerprint density at radius 2 is 2.14 bits per heavy atom. The fraction of sp³-hybridized carbons (Fsp3) is 0.556. The van der Waals surface area contributed by atoms with Crippen LogP contribution >= 0.6 is 0 Å². The summed E-state index contributed by atoms with van der Waals surface area (Å²) >= 11 is 0. The van der Waals surface area contributed by atoms with E-state index in [-0.39, 0.29) is 17.4 Å². The minimum Gasteiger partial charge on any atom is -0.491 e. The fourth-order valence-corrected chi connectivity index (χ4v) is 2.77. The number of nitriles is 1. The topological polar surface area (TPSA) is 62.1 Å². The lowest BCUT2D eigenvalue weighted by atomic mass is 9.87. The molecule has 1 unspecified atom stereocenters. The first-order valence-corrected chi connectivity index (χ1v) is 8.01. The molecule has 2 rings (SSSR count). The van der Waals surface area contributed by atoms with E-state index in [4.69, 9.17) is 4.74 Å². The van der Waals surface area contributed by atoms with Gasteiger partial charge in [0.2, 0.25) is 5.91 Å².